The number of aromatic hydroxyl groups is 1. The van der Waals surface area contributed by atoms with Crippen LogP contribution in [-0.4, -0.2) is 28.4 Å². The van der Waals surface area contributed by atoms with Gasteiger partial charge in [-0.1, -0.05) is 18.2 Å². The van der Waals surface area contributed by atoms with E-state index in [1.165, 1.54) is 6.07 Å². The summed E-state index contributed by atoms with van der Waals surface area (Å²) >= 11 is 0. The second kappa shape index (κ2) is 3.47. The summed E-state index contributed by atoms with van der Waals surface area (Å²) in [6.07, 6.45) is 1.86. The predicted molar refractivity (Wildman–Crippen MR) is 59.9 cm³/mol. The summed E-state index contributed by atoms with van der Waals surface area (Å²) in [6.45, 7) is 0. The van der Waals surface area contributed by atoms with Gasteiger partial charge in [0.1, 0.15) is 11.2 Å². The van der Waals surface area contributed by atoms with E-state index in [-0.39, 0.29) is 18.0 Å². The summed E-state index contributed by atoms with van der Waals surface area (Å²) in [6, 6.07) is 6.67. The van der Waals surface area contributed by atoms with E-state index in [1.807, 2.05) is 0 Å². The SMILES string of the molecule is O=C(O)C1(c2ccccc2O)CC2CCC1O2. The molecule has 0 saturated carbocycles. The highest BCUT2D eigenvalue weighted by Gasteiger charge is 2.59. The maximum atomic E-state index is 11.7. The molecule has 90 valence electrons. The van der Waals surface area contributed by atoms with Crippen LogP contribution in [0.4, 0.5) is 0 Å². The molecule has 3 unspecified atom stereocenters. The predicted octanol–water partition coefficient (Wildman–Crippen LogP) is 1.67. The van der Waals surface area contributed by atoms with Gasteiger partial charge in [-0.15, -0.1) is 0 Å². The molecule has 17 heavy (non-hydrogen) atoms. The Morgan fingerprint density at radius 3 is 2.65 bits per heavy atom. The zero-order valence-corrected chi connectivity index (χ0v) is 9.30. The van der Waals surface area contributed by atoms with Crippen LogP contribution >= 0.6 is 0 Å². The van der Waals surface area contributed by atoms with Crippen LogP contribution in [0.2, 0.25) is 0 Å². The Balaban J connectivity index is 2.14. The average Bonchev–Trinajstić information content (AvgIpc) is 2.89. The van der Waals surface area contributed by atoms with E-state index >= 15 is 0 Å². The van der Waals surface area contributed by atoms with Crippen molar-refractivity contribution in [2.75, 3.05) is 0 Å². The van der Waals surface area contributed by atoms with Crippen LogP contribution in [-0.2, 0) is 14.9 Å². The van der Waals surface area contributed by atoms with Crippen LogP contribution < -0.4 is 0 Å². The molecule has 0 radical (unpaired) electrons. The second-order valence-corrected chi connectivity index (χ2v) is 4.82. The number of aliphatic carboxylic acids is 1. The largest absolute Gasteiger partial charge is 0.508 e. The summed E-state index contributed by atoms with van der Waals surface area (Å²) in [5.41, 5.74) is -0.575. The summed E-state index contributed by atoms with van der Waals surface area (Å²) in [7, 11) is 0. The molecule has 0 spiro atoms. The molecule has 1 aromatic rings. The minimum Gasteiger partial charge on any atom is -0.508 e. The maximum absolute atomic E-state index is 11.7. The second-order valence-electron chi connectivity index (χ2n) is 4.82. The van der Waals surface area contributed by atoms with Crippen LogP contribution in [0, 0.1) is 0 Å². The van der Waals surface area contributed by atoms with Crippen molar-refractivity contribution >= 4 is 5.97 Å². The first-order chi connectivity index (χ1) is 8.14. The van der Waals surface area contributed by atoms with Gasteiger partial charge in [-0.05, 0) is 25.3 Å². The van der Waals surface area contributed by atoms with Crippen LogP contribution in [0.3, 0.4) is 0 Å². The number of phenols is 1. The third-order valence-electron chi connectivity index (χ3n) is 3.97. The smallest absolute Gasteiger partial charge is 0.317 e. The molecule has 0 aliphatic carbocycles. The molecular formula is C13H14O4. The van der Waals surface area contributed by atoms with Gasteiger partial charge >= 0.3 is 5.97 Å². The van der Waals surface area contributed by atoms with Crippen molar-refractivity contribution in [1.29, 1.82) is 0 Å². The minimum absolute atomic E-state index is 0.0238. The zero-order valence-electron chi connectivity index (χ0n) is 9.30. The highest BCUT2D eigenvalue weighted by Crippen LogP contribution is 2.51. The Labute approximate surface area is 98.8 Å². The number of carboxylic acids is 1. The normalized spacial score (nSPS) is 35.1. The lowest BCUT2D eigenvalue weighted by Crippen LogP contribution is -2.44. The number of fused-ring (bicyclic) bond motifs is 2. The first-order valence-electron chi connectivity index (χ1n) is 5.82. The first kappa shape index (κ1) is 10.6. The van der Waals surface area contributed by atoms with E-state index in [4.69, 9.17) is 4.74 Å². The van der Waals surface area contributed by atoms with Crippen molar-refractivity contribution in [2.45, 2.75) is 36.9 Å². The highest BCUT2D eigenvalue weighted by atomic mass is 16.5. The molecule has 0 aromatic heterocycles. The summed E-state index contributed by atoms with van der Waals surface area (Å²) in [5, 5.41) is 19.5. The Morgan fingerprint density at radius 2 is 2.12 bits per heavy atom. The van der Waals surface area contributed by atoms with E-state index in [0.717, 1.165) is 12.8 Å². The number of carboxylic acid groups (broad SMARTS) is 1. The quantitative estimate of drug-likeness (QED) is 0.816. The number of benzene rings is 1. The summed E-state index contributed by atoms with van der Waals surface area (Å²) < 4.78 is 5.67. The van der Waals surface area contributed by atoms with Crippen LogP contribution in [0.25, 0.3) is 0 Å². The molecule has 2 aliphatic heterocycles. The lowest BCUT2D eigenvalue weighted by Gasteiger charge is -2.31. The fourth-order valence-electron chi connectivity index (χ4n) is 3.18. The van der Waals surface area contributed by atoms with Crippen molar-refractivity contribution in [2.24, 2.45) is 0 Å². The van der Waals surface area contributed by atoms with Gasteiger partial charge in [0, 0.05) is 5.56 Å². The standard InChI is InChI=1S/C13H14O4/c14-10-4-2-1-3-9(10)13(12(15)16)7-8-5-6-11(13)17-8/h1-4,8,11,14H,5-7H2,(H,15,16). The Hall–Kier alpha value is -1.55. The Bertz CT molecular complexity index is 470. The van der Waals surface area contributed by atoms with Gasteiger partial charge in [-0.2, -0.15) is 0 Å². The fourth-order valence-corrected chi connectivity index (χ4v) is 3.18. The van der Waals surface area contributed by atoms with Gasteiger partial charge in [-0.25, -0.2) is 0 Å². The third kappa shape index (κ3) is 1.30. The number of para-hydroxylation sites is 1. The number of rotatable bonds is 2. The fraction of sp³-hybridized carbons (Fsp3) is 0.462. The molecular weight excluding hydrogens is 220 g/mol. The van der Waals surface area contributed by atoms with Gasteiger partial charge in [0.25, 0.3) is 0 Å². The molecule has 1 aromatic carbocycles. The zero-order chi connectivity index (χ0) is 12.0. The van der Waals surface area contributed by atoms with Gasteiger partial charge in [0.2, 0.25) is 0 Å². The molecule has 3 atom stereocenters. The van der Waals surface area contributed by atoms with E-state index < -0.39 is 11.4 Å². The van der Waals surface area contributed by atoms with Crippen molar-refractivity contribution in [3.8, 4) is 5.75 Å². The molecule has 0 amide bonds. The molecule has 2 aliphatic rings. The topological polar surface area (TPSA) is 66.8 Å². The van der Waals surface area contributed by atoms with Crippen molar-refractivity contribution in [3.05, 3.63) is 29.8 Å². The molecule has 2 fully saturated rings. The molecule has 4 nitrogen and oxygen atoms in total. The van der Waals surface area contributed by atoms with Gasteiger partial charge < -0.3 is 14.9 Å². The van der Waals surface area contributed by atoms with Crippen LogP contribution in [0.1, 0.15) is 24.8 Å². The van der Waals surface area contributed by atoms with Crippen LogP contribution in [0.5, 0.6) is 5.75 Å². The molecule has 2 bridgehead atoms. The monoisotopic (exact) mass is 234 g/mol. The van der Waals surface area contributed by atoms with Crippen molar-refractivity contribution < 1.29 is 19.7 Å². The number of phenolic OH excluding ortho intramolecular Hbond substituents is 1. The molecule has 2 heterocycles. The van der Waals surface area contributed by atoms with E-state index in [1.54, 1.807) is 18.2 Å². The number of hydrogen-bond acceptors (Lipinski definition) is 3. The summed E-state index contributed by atoms with van der Waals surface area (Å²) in [5.74, 6) is -0.850. The lowest BCUT2D eigenvalue weighted by molar-refractivity contribution is -0.146. The van der Waals surface area contributed by atoms with Crippen molar-refractivity contribution in [1.82, 2.24) is 0 Å². The summed E-state index contributed by atoms with van der Waals surface area (Å²) in [4.78, 5) is 11.7. The Kier molecular flexibility index (Phi) is 2.16. The average molecular weight is 234 g/mol. The third-order valence-corrected chi connectivity index (χ3v) is 3.97. The maximum Gasteiger partial charge on any atom is 0.317 e. The lowest BCUT2D eigenvalue weighted by atomic mass is 9.69. The molecule has 2 saturated heterocycles. The molecule has 4 heteroatoms. The van der Waals surface area contributed by atoms with Gasteiger partial charge in [-0.3, -0.25) is 4.79 Å². The van der Waals surface area contributed by atoms with E-state index in [2.05, 4.69) is 0 Å². The molecule has 3 rings (SSSR count). The highest BCUT2D eigenvalue weighted by molar-refractivity contribution is 5.84. The minimum atomic E-state index is -1.06. The van der Waals surface area contributed by atoms with Crippen LogP contribution in [0.15, 0.2) is 24.3 Å². The van der Waals surface area contributed by atoms with Crippen molar-refractivity contribution in [3.63, 3.8) is 0 Å². The number of hydrogen-bond donors (Lipinski definition) is 2. The number of carbonyl (C=O) groups is 1. The number of ether oxygens (including phenoxy) is 1. The first-order valence-corrected chi connectivity index (χ1v) is 5.82. The molecule has 2 N–H and O–H groups in total. The Morgan fingerprint density at radius 1 is 1.35 bits per heavy atom. The van der Waals surface area contributed by atoms with Gasteiger partial charge in [0.15, 0.2) is 0 Å². The van der Waals surface area contributed by atoms with E-state index in [0.29, 0.717) is 12.0 Å². The van der Waals surface area contributed by atoms with Gasteiger partial charge in [0.05, 0.1) is 12.2 Å². The van der Waals surface area contributed by atoms with E-state index in [9.17, 15) is 15.0 Å².